The number of anilines is 1. The summed E-state index contributed by atoms with van der Waals surface area (Å²) in [5, 5.41) is 3.44. The Balaban J connectivity index is 2.13. The van der Waals surface area contributed by atoms with Crippen LogP contribution in [0.1, 0.15) is 12.6 Å². The number of rotatable bonds is 5. The number of aromatic nitrogens is 1. The average molecular weight is 299 g/mol. The lowest BCUT2D eigenvalue weighted by molar-refractivity contribution is 0.284. The van der Waals surface area contributed by atoms with Crippen LogP contribution in [0.25, 0.3) is 0 Å². The first-order valence-electron chi connectivity index (χ1n) is 6.07. The minimum absolute atomic E-state index is 0.0432. The molecule has 0 aliphatic rings. The standard InChI is InChI=1S/C14H13ClF2N2O/c1-2-18-14-6-4-10(15)12(19-14)8-20-13-7-9(16)3-5-11(13)17/h3-7H,2,8H2,1H3,(H,18,19). The number of nitrogens with one attached hydrogen (secondary N) is 1. The van der Waals surface area contributed by atoms with Crippen molar-refractivity contribution in [2.24, 2.45) is 0 Å². The highest BCUT2D eigenvalue weighted by atomic mass is 35.5. The van der Waals surface area contributed by atoms with Crippen molar-refractivity contribution in [2.75, 3.05) is 11.9 Å². The minimum Gasteiger partial charge on any atom is -0.484 e. The van der Waals surface area contributed by atoms with Crippen LogP contribution in [0.15, 0.2) is 30.3 Å². The second kappa shape index (κ2) is 6.52. The number of ether oxygens (including phenoxy) is 1. The molecule has 1 heterocycles. The van der Waals surface area contributed by atoms with Crippen molar-refractivity contribution in [1.82, 2.24) is 4.98 Å². The zero-order chi connectivity index (χ0) is 14.5. The molecule has 0 radical (unpaired) electrons. The van der Waals surface area contributed by atoms with Crippen LogP contribution < -0.4 is 10.1 Å². The lowest BCUT2D eigenvalue weighted by Gasteiger charge is -2.10. The van der Waals surface area contributed by atoms with E-state index in [4.69, 9.17) is 16.3 Å². The second-order valence-electron chi connectivity index (χ2n) is 4.02. The highest BCUT2D eigenvalue weighted by Gasteiger charge is 2.09. The van der Waals surface area contributed by atoms with Gasteiger partial charge in [-0.2, -0.15) is 0 Å². The van der Waals surface area contributed by atoms with Gasteiger partial charge in [0, 0.05) is 12.6 Å². The van der Waals surface area contributed by atoms with Crippen molar-refractivity contribution in [3.8, 4) is 5.75 Å². The van der Waals surface area contributed by atoms with Crippen molar-refractivity contribution in [2.45, 2.75) is 13.5 Å². The molecule has 0 spiro atoms. The highest BCUT2D eigenvalue weighted by molar-refractivity contribution is 6.31. The van der Waals surface area contributed by atoms with Crippen molar-refractivity contribution >= 4 is 17.4 Å². The molecular formula is C14H13ClF2N2O. The van der Waals surface area contributed by atoms with E-state index in [9.17, 15) is 8.78 Å². The third-order valence-electron chi connectivity index (χ3n) is 2.53. The van der Waals surface area contributed by atoms with Crippen LogP contribution in [0.5, 0.6) is 5.75 Å². The van der Waals surface area contributed by atoms with Gasteiger partial charge in [-0.15, -0.1) is 0 Å². The van der Waals surface area contributed by atoms with Gasteiger partial charge in [0.1, 0.15) is 18.2 Å². The molecule has 0 amide bonds. The molecule has 0 fully saturated rings. The fourth-order valence-corrected chi connectivity index (χ4v) is 1.76. The van der Waals surface area contributed by atoms with Gasteiger partial charge in [-0.25, -0.2) is 13.8 Å². The summed E-state index contributed by atoms with van der Waals surface area (Å²) in [4.78, 5) is 4.24. The van der Waals surface area contributed by atoms with Crippen LogP contribution >= 0.6 is 11.6 Å². The molecule has 0 saturated heterocycles. The summed E-state index contributed by atoms with van der Waals surface area (Å²) in [6.07, 6.45) is 0. The van der Waals surface area contributed by atoms with Gasteiger partial charge in [0.25, 0.3) is 0 Å². The van der Waals surface area contributed by atoms with E-state index >= 15 is 0 Å². The number of benzene rings is 1. The molecule has 6 heteroatoms. The Morgan fingerprint density at radius 1 is 1.25 bits per heavy atom. The van der Waals surface area contributed by atoms with Crippen molar-refractivity contribution in [3.05, 3.63) is 52.7 Å². The monoisotopic (exact) mass is 298 g/mol. The van der Waals surface area contributed by atoms with Gasteiger partial charge in [0.15, 0.2) is 11.6 Å². The zero-order valence-electron chi connectivity index (χ0n) is 10.8. The Morgan fingerprint density at radius 2 is 2.05 bits per heavy atom. The average Bonchev–Trinajstić information content (AvgIpc) is 2.43. The van der Waals surface area contributed by atoms with E-state index in [2.05, 4.69) is 10.3 Å². The molecule has 106 valence electrons. The number of hydrogen-bond acceptors (Lipinski definition) is 3. The normalized spacial score (nSPS) is 10.4. The first kappa shape index (κ1) is 14.5. The van der Waals surface area contributed by atoms with Gasteiger partial charge < -0.3 is 10.1 Å². The number of hydrogen-bond donors (Lipinski definition) is 1. The predicted molar refractivity (Wildman–Crippen MR) is 74.1 cm³/mol. The molecular weight excluding hydrogens is 286 g/mol. The molecule has 0 aliphatic carbocycles. The fourth-order valence-electron chi connectivity index (χ4n) is 1.60. The molecule has 0 bridgehead atoms. The van der Waals surface area contributed by atoms with Crippen LogP contribution in [0.4, 0.5) is 14.6 Å². The number of halogens is 3. The first-order chi connectivity index (χ1) is 9.60. The molecule has 0 atom stereocenters. The summed E-state index contributed by atoms with van der Waals surface area (Å²) in [5.74, 6) is -0.723. The minimum atomic E-state index is -0.634. The zero-order valence-corrected chi connectivity index (χ0v) is 11.5. The second-order valence-corrected chi connectivity index (χ2v) is 4.43. The van der Waals surface area contributed by atoms with Gasteiger partial charge in [-0.1, -0.05) is 11.6 Å². The summed E-state index contributed by atoms with van der Waals surface area (Å²) in [7, 11) is 0. The number of nitrogens with zero attached hydrogens (tertiary/aromatic N) is 1. The molecule has 3 nitrogen and oxygen atoms in total. The van der Waals surface area contributed by atoms with Gasteiger partial charge >= 0.3 is 0 Å². The van der Waals surface area contributed by atoms with E-state index in [1.165, 1.54) is 0 Å². The largest absolute Gasteiger partial charge is 0.484 e. The van der Waals surface area contributed by atoms with Gasteiger partial charge in [-0.3, -0.25) is 0 Å². The van der Waals surface area contributed by atoms with Gasteiger partial charge in [0.05, 0.1) is 10.7 Å². The Labute approximate surface area is 120 Å². The quantitative estimate of drug-likeness (QED) is 0.905. The maximum Gasteiger partial charge on any atom is 0.165 e. The van der Waals surface area contributed by atoms with Crippen molar-refractivity contribution < 1.29 is 13.5 Å². The van der Waals surface area contributed by atoms with Crippen LogP contribution in [0, 0.1) is 11.6 Å². The summed E-state index contributed by atoms with van der Waals surface area (Å²) in [5.41, 5.74) is 0.453. The van der Waals surface area contributed by atoms with Crippen molar-refractivity contribution in [3.63, 3.8) is 0 Å². The van der Waals surface area contributed by atoms with Crippen LogP contribution in [-0.2, 0) is 6.61 Å². The SMILES string of the molecule is CCNc1ccc(Cl)c(COc2cc(F)ccc2F)n1. The van der Waals surface area contributed by atoms with E-state index in [1.807, 2.05) is 6.92 Å². The van der Waals surface area contributed by atoms with E-state index in [-0.39, 0.29) is 12.4 Å². The third-order valence-corrected chi connectivity index (χ3v) is 2.88. The molecule has 0 saturated carbocycles. The Morgan fingerprint density at radius 3 is 2.80 bits per heavy atom. The summed E-state index contributed by atoms with van der Waals surface area (Å²) < 4.78 is 31.7. The maximum atomic E-state index is 13.4. The molecule has 2 aromatic rings. The predicted octanol–water partition coefficient (Wildman–Crippen LogP) is 4.02. The molecule has 20 heavy (non-hydrogen) atoms. The van der Waals surface area contributed by atoms with E-state index < -0.39 is 11.6 Å². The Bertz CT molecular complexity index is 608. The summed E-state index contributed by atoms with van der Waals surface area (Å²) in [6.45, 7) is 2.61. The van der Waals surface area contributed by atoms with E-state index in [1.54, 1.807) is 12.1 Å². The summed E-state index contributed by atoms with van der Waals surface area (Å²) in [6, 6.07) is 6.43. The van der Waals surface area contributed by atoms with Crippen LogP contribution in [0.2, 0.25) is 5.02 Å². The Kier molecular flexibility index (Phi) is 4.74. The van der Waals surface area contributed by atoms with Crippen LogP contribution in [-0.4, -0.2) is 11.5 Å². The van der Waals surface area contributed by atoms with Gasteiger partial charge in [-0.05, 0) is 31.2 Å². The Hall–Kier alpha value is -1.88. The van der Waals surface area contributed by atoms with Crippen molar-refractivity contribution in [1.29, 1.82) is 0 Å². The molecule has 2 rings (SSSR count). The molecule has 1 aromatic heterocycles. The molecule has 1 N–H and O–H groups in total. The lowest BCUT2D eigenvalue weighted by atomic mass is 10.3. The summed E-state index contributed by atoms with van der Waals surface area (Å²) >= 11 is 6.00. The smallest absolute Gasteiger partial charge is 0.165 e. The van der Waals surface area contributed by atoms with E-state index in [0.717, 1.165) is 18.2 Å². The molecule has 1 aromatic carbocycles. The highest BCUT2D eigenvalue weighted by Crippen LogP contribution is 2.22. The molecule has 0 unspecified atom stereocenters. The fraction of sp³-hybridized carbons (Fsp3) is 0.214. The van der Waals surface area contributed by atoms with Crippen LogP contribution in [0.3, 0.4) is 0 Å². The first-order valence-corrected chi connectivity index (χ1v) is 6.45. The molecule has 0 aliphatic heterocycles. The van der Waals surface area contributed by atoms with Gasteiger partial charge in [0.2, 0.25) is 0 Å². The lowest BCUT2D eigenvalue weighted by Crippen LogP contribution is -2.05. The third kappa shape index (κ3) is 3.57. The van der Waals surface area contributed by atoms with E-state index in [0.29, 0.717) is 23.1 Å². The maximum absolute atomic E-state index is 13.4. The topological polar surface area (TPSA) is 34.1 Å². The number of pyridine rings is 1.